The van der Waals surface area contributed by atoms with Crippen molar-refractivity contribution in [1.29, 1.82) is 0 Å². The Hall–Kier alpha value is -2.37. The number of carboxylic acid groups (broad SMARTS) is 1. The van der Waals surface area contributed by atoms with E-state index in [2.05, 4.69) is 10.6 Å². The number of carboxylic acids is 1. The van der Waals surface area contributed by atoms with Crippen molar-refractivity contribution in [2.75, 3.05) is 6.54 Å². The van der Waals surface area contributed by atoms with Gasteiger partial charge in [-0.1, -0.05) is 50.6 Å². The van der Waals surface area contributed by atoms with Gasteiger partial charge in [0.25, 0.3) is 0 Å². The number of hydrogen-bond acceptors (Lipinski definition) is 3. The number of carbonyl (C=O) groups is 3. The van der Waals surface area contributed by atoms with E-state index in [-0.39, 0.29) is 18.2 Å². The molecule has 0 bridgehead atoms. The number of carbonyl (C=O) groups excluding carboxylic acids is 2. The van der Waals surface area contributed by atoms with Gasteiger partial charge in [0.2, 0.25) is 11.8 Å². The zero-order valence-corrected chi connectivity index (χ0v) is 12.8. The molecule has 0 heterocycles. The molecular weight excluding hydrogens is 284 g/mol. The molecule has 0 saturated carbocycles. The molecule has 6 heteroatoms. The maximum Gasteiger partial charge on any atom is 0.322 e. The lowest BCUT2D eigenvalue weighted by Gasteiger charge is -2.23. The number of rotatable bonds is 8. The first-order valence-electron chi connectivity index (χ1n) is 7.26. The molecular formula is C16H22N2O4. The van der Waals surface area contributed by atoms with E-state index in [1.165, 1.54) is 0 Å². The highest BCUT2D eigenvalue weighted by molar-refractivity contribution is 5.90. The molecule has 6 nitrogen and oxygen atoms in total. The predicted molar refractivity (Wildman–Crippen MR) is 82.2 cm³/mol. The van der Waals surface area contributed by atoms with E-state index in [1.807, 2.05) is 44.2 Å². The summed E-state index contributed by atoms with van der Waals surface area (Å²) in [6, 6.07) is 8.48. The molecule has 3 N–H and O–H groups in total. The van der Waals surface area contributed by atoms with E-state index >= 15 is 0 Å². The lowest BCUT2D eigenvalue weighted by Crippen LogP contribution is -2.51. The monoisotopic (exact) mass is 306 g/mol. The third kappa shape index (κ3) is 5.95. The first kappa shape index (κ1) is 17.7. The normalized spacial score (nSPS) is 13.0. The van der Waals surface area contributed by atoms with Crippen molar-refractivity contribution in [1.82, 2.24) is 10.6 Å². The highest BCUT2D eigenvalue weighted by atomic mass is 16.4. The average molecular weight is 306 g/mol. The van der Waals surface area contributed by atoms with Crippen LogP contribution in [0.2, 0.25) is 0 Å². The summed E-state index contributed by atoms with van der Waals surface area (Å²) in [6.45, 7) is 3.29. The molecule has 2 atom stereocenters. The second-order valence-electron chi connectivity index (χ2n) is 5.20. The second kappa shape index (κ2) is 8.81. The van der Waals surface area contributed by atoms with Crippen LogP contribution in [0.15, 0.2) is 30.3 Å². The molecule has 0 saturated heterocycles. The Morgan fingerprint density at radius 3 is 2.36 bits per heavy atom. The van der Waals surface area contributed by atoms with E-state index in [9.17, 15) is 14.4 Å². The summed E-state index contributed by atoms with van der Waals surface area (Å²) < 4.78 is 0. The molecule has 0 radical (unpaired) electrons. The number of aliphatic carboxylic acids is 1. The van der Waals surface area contributed by atoms with Crippen LogP contribution in [-0.4, -0.2) is 35.5 Å². The molecule has 1 aromatic carbocycles. The zero-order valence-electron chi connectivity index (χ0n) is 12.8. The van der Waals surface area contributed by atoms with Crippen LogP contribution in [-0.2, 0) is 20.8 Å². The highest BCUT2D eigenvalue weighted by Crippen LogP contribution is 2.09. The highest BCUT2D eigenvalue weighted by Gasteiger charge is 2.26. The Bertz CT molecular complexity index is 516. The topological polar surface area (TPSA) is 95.5 Å². The smallest absolute Gasteiger partial charge is 0.322 e. The van der Waals surface area contributed by atoms with Crippen molar-refractivity contribution in [3.05, 3.63) is 35.9 Å². The molecule has 0 aliphatic carbocycles. The minimum absolute atomic E-state index is 0.0893. The standard InChI is InChI=1S/C16H22N2O4/c1-3-11(2)15(16(22)17-10-14(20)21)18-13(19)9-12-7-5-4-6-8-12/h4-8,11,15H,3,9-10H2,1-2H3,(H,17,22)(H,18,19)(H,20,21)/t11-,15-/m0/s1. The molecule has 0 unspecified atom stereocenters. The maximum absolute atomic E-state index is 12.1. The minimum atomic E-state index is -1.12. The van der Waals surface area contributed by atoms with Crippen molar-refractivity contribution in [2.24, 2.45) is 5.92 Å². The number of hydrogen-bond donors (Lipinski definition) is 3. The third-order valence-electron chi connectivity index (χ3n) is 3.43. The van der Waals surface area contributed by atoms with E-state index in [4.69, 9.17) is 5.11 Å². The summed E-state index contributed by atoms with van der Waals surface area (Å²) >= 11 is 0. The second-order valence-corrected chi connectivity index (χ2v) is 5.20. The SMILES string of the molecule is CC[C@H](C)[C@H](NC(=O)Cc1ccccc1)C(=O)NCC(=O)O. The van der Waals surface area contributed by atoms with Crippen LogP contribution in [0, 0.1) is 5.92 Å². The number of benzene rings is 1. The van der Waals surface area contributed by atoms with Crippen molar-refractivity contribution >= 4 is 17.8 Å². The van der Waals surface area contributed by atoms with Crippen LogP contribution < -0.4 is 10.6 Å². The van der Waals surface area contributed by atoms with Crippen LogP contribution >= 0.6 is 0 Å². The Morgan fingerprint density at radius 1 is 1.18 bits per heavy atom. The summed E-state index contributed by atoms with van der Waals surface area (Å²) in [4.78, 5) is 34.7. The average Bonchev–Trinajstić information content (AvgIpc) is 2.50. The van der Waals surface area contributed by atoms with Gasteiger partial charge in [-0.25, -0.2) is 0 Å². The summed E-state index contributed by atoms with van der Waals surface area (Å²) in [5.74, 6) is -1.94. The Morgan fingerprint density at radius 2 is 1.82 bits per heavy atom. The van der Waals surface area contributed by atoms with Gasteiger partial charge in [0.1, 0.15) is 12.6 Å². The van der Waals surface area contributed by atoms with Gasteiger partial charge in [0, 0.05) is 0 Å². The fourth-order valence-electron chi connectivity index (χ4n) is 1.98. The molecule has 22 heavy (non-hydrogen) atoms. The summed E-state index contributed by atoms with van der Waals surface area (Å²) in [5, 5.41) is 13.6. The molecule has 1 rings (SSSR count). The molecule has 0 aliphatic rings. The lowest BCUT2D eigenvalue weighted by molar-refractivity contribution is -0.138. The van der Waals surface area contributed by atoms with E-state index in [1.54, 1.807) is 0 Å². The van der Waals surface area contributed by atoms with Crippen molar-refractivity contribution in [2.45, 2.75) is 32.7 Å². The van der Waals surface area contributed by atoms with Gasteiger partial charge >= 0.3 is 5.97 Å². The quantitative estimate of drug-likeness (QED) is 0.666. The Labute approximate surface area is 129 Å². The molecule has 120 valence electrons. The summed E-state index contributed by atoms with van der Waals surface area (Å²) in [7, 11) is 0. The van der Waals surface area contributed by atoms with Gasteiger partial charge in [-0.05, 0) is 11.5 Å². The fraction of sp³-hybridized carbons (Fsp3) is 0.438. The Kier molecular flexibility index (Phi) is 7.08. The van der Waals surface area contributed by atoms with Crippen molar-refractivity contribution in [3.63, 3.8) is 0 Å². The number of nitrogens with one attached hydrogen (secondary N) is 2. The lowest BCUT2D eigenvalue weighted by atomic mass is 9.98. The van der Waals surface area contributed by atoms with Gasteiger partial charge in [0.05, 0.1) is 6.42 Å². The fourth-order valence-corrected chi connectivity index (χ4v) is 1.98. The zero-order chi connectivity index (χ0) is 16.5. The molecule has 0 aromatic heterocycles. The van der Waals surface area contributed by atoms with Gasteiger partial charge in [-0.2, -0.15) is 0 Å². The van der Waals surface area contributed by atoms with Gasteiger partial charge in [-0.3, -0.25) is 14.4 Å². The molecule has 1 aromatic rings. The first-order valence-corrected chi connectivity index (χ1v) is 7.26. The molecule has 2 amide bonds. The largest absolute Gasteiger partial charge is 0.480 e. The summed E-state index contributed by atoms with van der Waals surface area (Å²) in [6.07, 6.45) is 0.872. The van der Waals surface area contributed by atoms with Gasteiger partial charge < -0.3 is 15.7 Å². The maximum atomic E-state index is 12.1. The van der Waals surface area contributed by atoms with Crippen molar-refractivity contribution < 1.29 is 19.5 Å². The van der Waals surface area contributed by atoms with Gasteiger partial charge in [-0.15, -0.1) is 0 Å². The third-order valence-corrected chi connectivity index (χ3v) is 3.43. The van der Waals surface area contributed by atoms with E-state index in [0.29, 0.717) is 6.42 Å². The van der Waals surface area contributed by atoms with Crippen LogP contribution in [0.3, 0.4) is 0 Å². The molecule has 0 aliphatic heterocycles. The number of amides is 2. The Balaban J connectivity index is 2.66. The van der Waals surface area contributed by atoms with Crippen LogP contribution in [0.25, 0.3) is 0 Å². The molecule has 0 fully saturated rings. The predicted octanol–water partition coefficient (Wildman–Crippen LogP) is 0.961. The molecule has 0 spiro atoms. The van der Waals surface area contributed by atoms with Crippen molar-refractivity contribution in [3.8, 4) is 0 Å². The van der Waals surface area contributed by atoms with Gasteiger partial charge in [0.15, 0.2) is 0 Å². The van der Waals surface area contributed by atoms with E-state index < -0.39 is 24.5 Å². The van der Waals surface area contributed by atoms with Crippen LogP contribution in [0.4, 0.5) is 0 Å². The minimum Gasteiger partial charge on any atom is -0.480 e. The van der Waals surface area contributed by atoms with E-state index in [0.717, 1.165) is 5.56 Å². The summed E-state index contributed by atoms with van der Waals surface area (Å²) in [5.41, 5.74) is 0.855. The van der Waals surface area contributed by atoms with Crippen LogP contribution in [0.1, 0.15) is 25.8 Å². The first-order chi connectivity index (χ1) is 10.4. The van der Waals surface area contributed by atoms with Crippen LogP contribution in [0.5, 0.6) is 0 Å².